The maximum absolute atomic E-state index is 12.1. The number of hydrogen-bond acceptors (Lipinski definition) is 3. The molecule has 18 heavy (non-hydrogen) atoms. The van der Waals surface area contributed by atoms with Gasteiger partial charge in [-0.2, -0.15) is 8.78 Å². The predicted octanol–water partition coefficient (Wildman–Crippen LogP) is 2.21. The van der Waals surface area contributed by atoms with E-state index in [1.807, 2.05) is 6.07 Å². The lowest BCUT2D eigenvalue weighted by Gasteiger charge is -2.30. The van der Waals surface area contributed by atoms with Gasteiger partial charge >= 0.3 is 6.61 Å². The van der Waals surface area contributed by atoms with Crippen LogP contribution in [0, 0.1) is 0 Å². The van der Waals surface area contributed by atoms with Crippen molar-refractivity contribution in [1.82, 2.24) is 4.90 Å². The highest BCUT2D eigenvalue weighted by molar-refractivity contribution is 5.28. The summed E-state index contributed by atoms with van der Waals surface area (Å²) < 4.78 is 28.6. The second-order valence-electron chi connectivity index (χ2n) is 4.66. The zero-order valence-electron chi connectivity index (χ0n) is 10.2. The van der Waals surface area contributed by atoms with E-state index in [1.165, 1.54) is 6.07 Å². The van der Waals surface area contributed by atoms with Crippen molar-refractivity contribution in [3.05, 3.63) is 29.8 Å². The number of halogens is 2. The number of likely N-dealkylation sites (tertiary alicyclic amines) is 1. The summed E-state index contributed by atoms with van der Waals surface area (Å²) in [6.07, 6.45) is 2.15. The van der Waals surface area contributed by atoms with E-state index >= 15 is 0 Å². The largest absolute Gasteiger partial charge is 0.435 e. The van der Waals surface area contributed by atoms with Crippen LogP contribution < -0.4 is 10.5 Å². The van der Waals surface area contributed by atoms with E-state index in [1.54, 1.807) is 12.1 Å². The van der Waals surface area contributed by atoms with Crippen molar-refractivity contribution in [2.24, 2.45) is 5.73 Å². The minimum Gasteiger partial charge on any atom is -0.435 e. The highest BCUT2D eigenvalue weighted by atomic mass is 19.3. The van der Waals surface area contributed by atoms with Gasteiger partial charge in [0, 0.05) is 19.1 Å². The van der Waals surface area contributed by atoms with E-state index in [0.717, 1.165) is 38.0 Å². The molecule has 0 bridgehead atoms. The van der Waals surface area contributed by atoms with Crippen molar-refractivity contribution >= 4 is 0 Å². The van der Waals surface area contributed by atoms with Gasteiger partial charge in [-0.3, -0.25) is 4.90 Å². The molecule has 0 radical (unpaired) electrons. The van der Waals surface area contributed by atoms with Gasteiger partial charge in [-0.1, -0.05) is 12.1 Å². The molecule has 1 aromatic rings. The highest BCUT2D eigenvalue weighted by Gasteiger charge is 2.16. The van der Waals surface area contributed by atoms with Crippen molar-refractivity contribution in [3.63, 3.8) is 0 Å². The van der Waals surface area contributed by atoms with Crippen LogP contribution in [0.25, 0.3) is 0 Å². The quantitative estimate of drug-likeness (QED) is 0.897. The van der Waals surface area contributed by atoms with E-state index in [4.69, 9.17) is 5.73 Å². The maximum atomic E-state index is 12.1. The summed E-state index contributed by atoms with van der Waals surface area (Å²) in [5, 5.41) is 0. The Balaban J connectivity index is 1.96. The molecule has 0 amide bonds. The molecule has 1 aliphatic rings. The van der Waals surface area contributed by atoms with Crippen LogP contribution in [-0.4, -0.2) is 30.6 Å². The van der Waals surface area contributed by atoms with Crippen molar-refractivity contribution in [1.29, 1.82) is 0 Å². The second kappa shape index (κ2) is 6.11. The lowest BCUT2D eigenvalue weighted by molar-refractivity contribution is -0.0499. The van der Waals surface area contributed by atoms with Gasteiger partial charge in [0.05, 0.1) is 0 Å². The number of nitrogens with two attached hydrogens (primary N) is 1. The molecule has 1 atom stereocenters. The molecule has 1 heterocycles. The Morgan fingerprint density at radius 2 is 2.28 bits per heavy atom. The van der Waals surface area contributed by atoms with Crippen LogP contribution in [0.15, 0.2) is 24.3 Å². The molecule has 0 spiro atoms. The molecule has 1 saturated heterocycles. The lowest BCUT2D eigenvalue weighted by atomic mass is 10.1. The third-order valence-corrected chi connectivity index (χ3v) is 3.07. The van der Waals surface area contributed by atoms with E-state index in [2.05, 4.69) is 9.64 Å². The predicted molar refractivity (Wildman–Crippen MR) is 65.6 cm³/mol. The maximum Gasteiger partial charge on any atom is 0.387 e. The standard InChI is InChI=1S/C13H18F2N2O/c14-13(15)18-12-5-1-3-10(7-12)8-17-6-2-4-11(16)9-17/h1,3,5,7,11,13H,2,4,6,8-9,16H2/t11-/m1/s1. The van der Waals surface area contributed by atoms with Crippen molar-refractivity contribution in [2.45, 2.75) is 32.0 Å². The minimum atomic E-state index is -2.77. The fourth-order valence-electron chi connectivity index (χ4n) is 2.31. The Morgan fingerprint density at radius 3 is 3.00 bits per heavy atom. The Bertz CT molecular complexity index is 387. The average molecular weight is 256 g/mol. The molecule has 0 aliphatic carbocycles. The average Bonchev–Trinajstić information content (AvgIpc) is 2.28. The first-order valence-corrected chi connectivity index (χ1v) is 6.15. The van der Waals surface area contributed by atoms with Gasteiger partial charge in [0.1, 0.15) is 5.75 Å². The number of nitrogens with zero attached hydrogens (tertiary/aromatic N) is 1. The molecule has 5 heteroatoms. The second-order valence-corrected chi connectivity index (χ2v) is 4.66. The molecule has 2 rings (SSSR count). The van der Waals surface area contributed by atoms with E-state index in [9.17, 15) is 8.78 Å². The highest BCUT2D eigenvalue weighted by Crippen LogP contribution is 2.18. The van der Waals surface area contributed by atoms with Gasteiger partial charge in [-0.25, -0.2) is 0 Å². The fraction of sp³-hybridized carbons (Fsp3) is 0.538. The summed E-state index contributed by atoms with van der Waals surface area (Å²) in [6.45, 7) is -0.175. The van der Waals surface area contributed by atoms with Crippen LogP contribution in [0.4, 0.5) is 8.78 Å². The number of piperidine rings is 1. The molecule has 0 unspecified atom stereocenters. The minimum absolute atomic E-state index is 0.212. The first-order chi connectivity index (χ1) is 8.63. The van der Waals surface area contributed by atoms with Crippen LogP contribution in [0.2, 0.25) is 0 Å². The molecule has 1 fully saturated rings. The molecule has 1 aliphatic heterocycles. The zero-order chi connectivity index (χ0) is 13.0. The van der Waals surface area contributed by atoms with Crippen LogP contribution in [0.5, 0.6) is 5.75 Å². The van der Waals surface area contributed by atoms with Gasteiger partial charge in [0.15, 0.2) is 0 Å². The third kappa shape index (κ3) is 3.92. The van der Waals surface area contributed by atoms with Crippen LogP contribution in [0.3, 0.4) is 0 Å². The third-order valence-electron chi connectivity index (χ3n) is 3.07. The Morgan fingerprint density at radius 1 is 1.44 bits per heavy atom. The normalized spacial score (nSPS) is 21.2. The summed E-state index contributed by atoms with van der Waals surface area (Å²) in [5.41, 5.74) is 6.88. The number of ether oxygens (including phenoxy) is 1. The molecule has 0 saturated carbocycles. The number of benzene rings is 1. The summed E-state index contributed by atoms with van der Waals surface area (Å²) in [6, 6.07) is 7.07. The number of hydrogen-bond donors (Lipinski definition) is 1. The molecule has 1 aromatic carbocycles. The molecule has 2 N–H and O–H groups in total. The lowest BCUT2D eigenvalue weighted by Crippen LogP contribution is -2.42. The topological polar surface area (TPSA) is 38.5 Å². The first kappa shape index (κ1) is 13.2. The summed E-state index contributed by atoms with van der Waals surface area (Å²) in [5.74, 6) is 0.212. The molecular formula is C13H18F2N2O. The van der Waals surface area contributed by atoms with Gasteiger partial charge < -0.3 is 10.5 Å². The number of alkyl halides is 2. The zero-order valence-corrected chi connectivity index (χ0v) is 10.2. The molecular weight excluding hydrogens is 238 g/mol. The molecule has 100 valence electrons. The Hall–Kier alpha value is -1.20. The number of rotatable bonds is 4. The van der Waals surface area contributed by atoms with Crippen LogP contribution >= 0.6 is 0 Å². The van der Waals surface area contributed by atoms with Gasteiger partial charge in [0.25, 0.3) is 0 Å². The summed E-state index contributed by atoms with van der Waals surface area (Å²) in [7, 11) is 0. The molecule has 0 aromatic heterocycles. The van der Waals surface area contributed by atoms with E-state index in [-0.39, 0.29) is 11.8 Å². The monoisotopic (exact) mass is 256 g/mol. The Kier molecular flexibility index (Phi) is 4.49. The van der Waals surface area contributed by atoms with E-state index < -0.39 is 6.61 Å². The van der Waals surface area contributed by atoms with E-state index in [0.29, 0.717) is 0 Å². The summed E-state index contributed by atoms with van der Waals surface area (Å²) in [4.78, 5) is 2.25. The van der Waals surface area contributed by atoms with Crippen LogP contribution in [0.1, 0.15) is 18.4 Å². The van der Waals surface area contributed by atoms with Gasteiger partial charge in [-0.15, -0.1) is 0 Å². The fourth-order valence-corrected chi connectivity index (χ4v) is 2.31. The van der Waals surface area contributed by atoms with Gasteiger partial charge in [-0.05, 0) is 37.1 Å². The Labute approximate surface area is 106 Å². The SMILES string of the molecule is N[C@@H]1CCCN(Cc2cccc(OC(F)F)c2)C1. The van der Waals surface area contributed by atoms with Crippen LogP contribution in [-0.2, 0) is 6.54 Å². The van der Waals surface area contributed by atoms with Crippen molar-refractivity contribution in [3.8, 4) is 5.75 Å². The van der Waals surface area contributed by atoms with Crippen molar-refractivity contribution in [2.75, 3.05) is 13.1 Å². The molecule has 3 nitrogen and oxygen atoms in total. The van der Waals surface area contributed by atoms with Gasteiger partial charge in [0.2, 0.25) is 0 Å². The summed E-state index contributed by atoms with van der Waals surface area (Å²) >= 11 is 0. The van der Waals surface area contributed by atoms with Crippen molar-refractivity contribution < 1.29 is 13.5 Å². The first-order valence-electron chi connectivity index (χ1n) is 6.15. The smallest absolute Gasteiger partial charge is 0.387 e.